The molecule has 6 heteroatoms. The van der Waals surface area contributed by atoms with Crippen molar-refractivity contribution in [1.82, 2.24) is 14.8 Å². The summed E-state index contributed by atoms with van der Waals surface area (Å²) in [7, 11) is 0. The van der Waals surface area contributed by atoms with Crippen molar-refractivity contribution in [2.24, 2.45) is 5.10 Å². The normalized spacial score (nSPS) is 11.2. The summed E-state index contributed by atoms with van der Waals surface area (Å²) in [5.74, 6) is -0.191. The van der Waals surface area contributed by atoms with Gasteiger partial charge in [-0.1, -0.05) is 12.1 Å². The number of aryl methyl sites for hydroxylation is 2. The smallest absolute Gasteiger partial charge is 0.290 e. The van der Waals surface area contributed by atoms with E-state index in [9.17, 15) is 9.90 Å². The molecule has 6 nitrogen and oxygen atoms in total. The number of rotatable bonds is 3. The number of carbonyl (C=O) groups excluding carboxylic acids is 1. The number of carbonyl (C=O) groups is 1. The topological polar surface area (TPSA) is 79.0 Å². The molecule has 23 heavy (non-hydrogen) atoms. The molecule has 2 aromatic heterocycles. The Morgan fingerprint density at radius 3 is 2.91 bits per heavy atom. The maximum Gasteiger partial charge on any atom is 0.290 e. The van der Waals surface area contributed by atoms with Crippen LogP contribution in [0.25, 0.3) is 5.65 Å². The van der Waals surface area contributed by atoms with Crippen molar-refractivity contribution >= 4 is 17.8 Å². The first kappa shape index (κ1) is 14.8. The Kier molecular flexibility index (Phi) is 3.80. The van der Waals surface area contributed by atoms with Crippen molar-refractivity contribution < 1.29 is 9.90 Å². The van der Waals surface area contributed by atoms with Crippen LogP contribution in [-0.2, 0) is 0 Å². The predicted octanol–water partition coefficient (Wildman–Crippen LogP) is 2.42. The van der Waals surface area contributed by atoms with Gasteiger partial charge in [0.15, 0.2) is 0 Å². The van der Waals surface area contributed by atoms with Crippen LogP contribution in [0.2, 0.25) is 0 Å². The van der Waals surface area contributed by atoms with Gasteiger partial charge in [0.05, 0.1) is 11.9 Å². The SMILES string of the molecule is Cc1ccn2c(C(=O)N/N=C\c3cccc(O)c3)c(C)nc2c1. The van der Waals surface area contributed by atoms with Crippen molar-refractivity contribution in [1.29, 1.82) is 0 Å². The molecule has 1 amide bonds. The van der Waals surface area contributed by atoms with Gasteiger partial charge in [-0.2, -0.15) is 5.10 Å². The van der Waals surface area contributed by atoms with E-state index in [1.807, 2.05) is 25.3 Å². The fraction of sp³-hybridized carbons (Fsp3) is 0.118. The van der Waals surface area contributed by atoms with Gasteiger partial charge in [0.1, 0.15) is 17.1 Å². The van der Waals surface area contributed by atoms with Gasteiger partial charge in [0.25, 0.3) is 5.91 Å². The number of amides is 1. The Morgan fingerprint density at radius 2 is 2.13 bits per heavy atom. The molecule has 116 valence electrons. The van der Waals surface area contributed by atoms with Crippen molar-refractivity contribution in [2.45, 2.75) is 13.8 Å². The molecule has 0 spiro atoms. The summed E-state index contributed by atoms with van der Waals surface area (Å²) in [4.78, 5) is 16.7. The minimum atomic E-state index is -0.338. The monoisotopic (exact) mass is 308 g/mol. The van der Waals surface area contributed by atoms with Gasteiger partial charge in [-0.05, 0) is 49.2 Å². The van der Waals surface area contributed by atoms with E-state index in [2.05, 4.69) is 15.5 Å². The number of phenols is 1. The van der Waals surface area contributed by atoms with Gasteiger partial charge in [-0.25, -0.2) is 10.4 Å². The molecule has 0 radical (unpaired) electrons. The lowest BCUT2D eigenvalue weighted by molar-refractivity contribution is 0.0948. The van der Waals surface area contributed by atoms with Crippen molar-refractivity contribution in [3.63, 3.8) is 0 Å². The molecule has 0 aliphatic carbocycles. The number of nitrogens with zero attached hydrogens (tertiary/aromatic N) is 3. The van der Waals surface area contributed by atoms with Gasteiger partial charge < -0.3 is 5.11 Å². The van der Waals surface area contributed by atoms with E-state index in [0.717, 1.165) is 11.2 Å². The number of imidazole rings is 1. The summed E-state index contributed by atoms with van der Waals surface area (Å²) in [6.45, 7) is 3.76. The van der Waals surface area contributed by atoms with E-state index < -0.39 is 0 Å². The molecule has 0 fully saturated rings. The zero-order chi connectivity index (χ0) is 16.4. The van der Waals surface area contributed by atoms with Crippen LogP contribution in [0.3, 0.4) is 0 Å². The van der Waals surface area contributed by atoms with Crippen molar-refractivity contribution in [3.8, 4) is 5.75 Å². The van der Waals surface area contributed by atoms with Gasteiger partial charge >= 0.3 is 0 Å². The zero-order valence-corrected chi connectivity index (χ0v) is 12.8. The van der Waals surface area contributed by atoms with E-state index in [1.54, 1.807) is 35.6 Å². The highest BCUT2D eigenvalue weighted by Gasteiger charge is 2.15. The summed E-state index contributed by atoms with van der Waals surface area (Å²) in [5.41, 5.74) is 6.08. The predicted molar refractivity (Wildman–Crippen MR) is 87.8 cm³/mol. The van der Waals surface area contributed by atoms with Crippen LogP contribution >= 0.6 is 0 Å². The van der Waals surface area contributed by atoms with E-state index in [-0.39, 0.29) is 11.7 Å². The Bertz CT molecular complexity index is 912. The van der Waals surface area contributed by atoms with Crippen molar-refractivity contribution in [3.05, 3.63) is 65.1 Å². The summed E-state index contributed by atoms with van der Waals surface area (Å²) in [6.07, 6.45) is 3.29. The molecule has 0 saturated heterocycles. The maximum atomic E-state index is 12.3. The van der Waals surface area contributed by atoms with E-state index in [4.69, 9.17) is 0 Å². The van der Waals surface area contributed by atoms with Crippen LogP contribution < -0.4 is 5.43 Å². The lowest BCUT2D eigenvalue weighted by atomic mass is 10.2. The highest BCUT2D eigenvalue weighted by molar-refractivity contribution is 5.95. The van der Waals surface area contributed by atoms with E-state index in [0.29, 0.717) is 17.0 Å². The Balaban J connectivity index is 1.82. The third-order valence-electron chi connectivity index (χ3n) is 3.42. The fourth-order valence-electron chi connectivity index (χ4n) is 2.36. The lowest BCUT2D eigenvalue weighted by Crippen LogP contribution is -2.20. The van der Waals surface area contributed by atoms with Crippen LogP contribution in [0.15, 0.2) is 47.7 Å². The number of phenolic OH excluding ortho intramolecular Hbond substituents is 1. The maximum absolute atomic E-state index is 12.3. The number of hydrogen-bond acceptors (Lipinski definition) is 4. The lowest BCUT2D eigenvalue weighted by Gasteiger charge is -2.02. The molecule has 3 aromatic rings. The molecule has 2 heterocycles. The van der Waals surface area contributed by atoms with E-state index >= 15 is 0 Å². The fourth-order valence-corrected chi connectivity index (χ4v) is 2.36. The molecule has 0 bridgehead atoms. The Morgan fingerprint density at radius 1 is 1.30 bits per heavy atom. The molecule has 0 aliphatic rings. The average Bonchev–Trinajstić information content (AvgIpc) is 2.82. The highest BCUT2D eigenvalue weighted by Crippen LogP contribution is 2.13. The molecular weight excluding hydrogens is 292 g/mol. The number of aromatic hydroxyl groups is 1. The molecule has 1 aromatic carbocycles. The van der Waals surface area contributed by atoms with Crippen LogP contribution in [0, 0.1) is 13.8 Å². The number of hydrogen-bond donors (Lipinski definition) is 2. The number of aromatic nitrogens is 2. The van der Waals surface area contributed by atoms with Crippen molar-refractivity contribution in [2.75, 3.05) is 0 Å². The Hall–Kier alpha value is -3.15. The van der Waals surface area contributed by atoms with E-state index in [1.165, 1.54) is 6.21 Å². The third-order valence-corrected chi connectivity index (χ3v) is 3.42. The molecule has 0 aliphatic heterocycles. The third kappa shape index (κ3) is 3.06. The number of benzene rings is 1. The molecule has 2 N–H and O–H groups in total. The molecule has 0 atom stereocenters. The first-order valence-electron chi connectivity index (χ1n) is 7.12. The quantitative estimate of drug-likeness (QED) is 0.576. The minimum absolute atomic E-state index is 0.147. The zero-order valence-electron chi connectivity index (χ0n) is 12.8. The van der Waals surface area contributed by atoms with Gasteiger partial charge in [0.2, 0.25) is 0 Å². The first-order valence-corrected chi connectivity index (χ1v) is 7.12. The Labute approximate surface area is 133 Å². The second-order valence-corrected chi connectivity index (χ2v) is 5.27. The molecule has 0 unspecified atom stereocenters. The summed E-state index contributed by atoms with van der Waals surface area (Å²) in [6, 6.07) is 10.4. The van der Waals surface area contributed by atoms with Crippen LogP contribution in [-0.4, -0.2) is 26.6 Å². The molecule has 0 saturated carbocycles. The van der Waals surface area contributed by atoms with Gasteiger partial charge in [-0.15, -0.1) is 0 Å². The second-order valence-electron chi connectivity index (χ2n) is 5.27. The standard InChI is InChI=1S/C17H16N4O2/c1-11-6-7-21-15(8-11)19-12(2)16(21)17(23)20-18-10-13-4-3-5-14(22)9-13/h3-10,22H,1-2H3,(H,20,23)/b18-10-. The second kappa shape index (κ2) is 5.92. The summed E-state index contributed by atoms with van der Waals surface area (Å²) in [5, 5.41) is 13.3. The van der Waals surface area contributed by atoms with Gasteiger partial charge in [-0.3, -0.25) is 9.20 Å². The van der Waals surface area contributed by atoms with Gasteiger partial charge in [0, 0.05) is 6.20 Å². The molecule has 3 rings (SSSR count). The summed E-state index contributed by atoms with van der Waals surface area (Å²) >= 11 is 0. The average molecular weight is 308 g/mol. The number of fused-ring (bicyclic) bond motifs is 1. The minimum Gasteiger partial charge on any atom is -0.508 e. The first-order chi connectivity index (χ1) is 11.0. The van der Waals surface area contributed by atoms with Crippen LogP contribution in [0.1, 0.15) is 27.3 Å². The summed E-state index contributed by atoms with van der Waals surface area (Å²) < 4.78 is 1.74. The highest BCUT2D eigenvalue weighted by atomic mass is 16.3. The number of pyridine rings is 1. The van der Waals surface area contributed by atoms with Crippen LogP contribution in [0.5, 0.6) is 5.75 Å². The molecular formula is C17H16N4O2. The van der Waals surface area contributed by atoms with Crippen LogP contribution in [0.4, 0.5) is 0 Å². The number of hydrazone groups is 1. The number of nitrogens with one attached hydrogen (secondary N) is 1. The largest absolute Gasteiger partial charge is 0.508 e.